The summed E-state index contributed by atoms with van der Waals surface area (Å²) in [7, 11) is 0. The summed E-state index contributed by atoms with van der Waals surface area (Å²) in [6.45, 7) is 0. The molecule has 0 aliphatic heterocycles. The van der Waals surface area contributed by atoms with Crippen molar-refractivity contribution in [2.75, 3.05) is 4.90 Å². The van der Waals surface area contributed by atoms with Crippen LogP contribution in [0.4, 0.5) is 17.1 Å². The lowest BCUT2D eigenvalue weighted by Gasteiger charge is -2.26. The van der Waals surface area contributed by atoms with E-state index in [1.807, 2.05) is 0 Å². The van der Waals surface area contributed by atoms with Crippen LogP contribution in [0.2, 0.25) is 0 Å². The topological polar surface area (TPSA) is 8.17 Å². The van der Waals surface area contributed by atoms with E-state index in [-0.39, 0.29) is 0 Å². The van der Waals surface area contributed by atoms with E-state index in [0.29, 0.717) is 0 Å². The van der Waals surface area contributed by atoms with Gasteiger partial charge in [-0.15, -0.1) is 0 Å². The molecule has 0 atom stereocenters. The van der Waals surface area contributed by atoms with E-state index >= 15 is 0 Å². The Morgan fingerprint density at radius 1 is 0.259 bits per heavy atom. The van der Waals surface area contributed by atoms with Crippen LogP contribution in [-0.4, -0.2) is 4.57 Å². The second-order valence-electron chi connectivity index (χ2n) is 14.6. The van der Waals surface area contributed by atoms with Crippen molar-refractivity contribution in [1.29, 1.82) is 0 Å². The van der Waals surface area contributed by atoms with Crippen LogP contribution in [0.1, 0.15) is 0 Å². The molecule has 0 radical (unpaired) electrons. The van der Waals surface area contributed by atoms with Gasteiger partial charge in [-0.1, -0.05) is 188 Å². The summed E-state index contributed by atoms with van der Waals surface area (Å²) in [5.74, 6) is 0. The molecule has 9 aromatic carbocycles. The van der Waals surface area contributed by atoms with Gasteiger partial charge in [-0.3, -0.25) is 0 Å². The van der Waals surface area contributed by atoms with Crippen LogP contribution < -0.4 is 4.90 Å². The normalized spacial score (nSPS) is 11.1. The predicted molar refractivity (Wildman–Crippen MR) is 245 cm³/mol. The van der Waals surface area contributed by atoms with Gasteiger partial charge in [-0.25, -0.2) is 0 Å². The Morgan fingerprint density at radius 2 is 0.586 bits per heavy atom. The smallest absolute Gasteiger partial charge is 0.0619 e. The highest BCUT2D eigenvalue weighted by molar-refractivity contribution is 6.05. The van der Waals surface area contributed by atoms with Crippen molar-refractivity contribution < 1.29 is 0 Å². The highest BCUT2D eigenvalue weighted by Crippen LogP contribution is 2.43. The Balaban J connectivity index is 1.01. The molecule has 2 heteroatoms. The van der Waals surface area contributed by atoms with Crippen LogP contribution in [0.3, 0.4) is 0 Å². The van der Waals surface area contributed by atoms with Crippen LogP contribution in [0.15, 0.2) is 243 Å². The van der Waals surface area contributed by atoms with E-state index in [9.17, 15) is 0 Å². The maximum atomic E-state index is 2.42. The molecular weight excluding hydrogens is 701 g/mol. The Labute approximate surface area is 340 Å². The first-order chi connectivity index (χ1) is 28.8. The first-order valence-corrected chi connectivity index (χ1v) is 19.8. The van der Waals surface area contributed by atoms with Crippen molar-refractivity contribution in [3.63, 3.8) is 0 Å². The van der Waals surface area contributed by atoms with Crippen molar-refractivity contribution >= 4 is 28.0 Å². The van der Waals surface area contributed by atoms with Gasteiger partial charge in [-0.05, 0) is 99.1 Å². The maximum Gasteiger partial charge on any atom is 0.0619 e. The number of hydrogen-bond donors (Lipinski definition) is 0. The Kier molecular flexibility index (Phi) is 9.27. The number of rotatable bonds is 9. The molecule has 0 aliphatic carbocycles. The molecule has 10 aromatic rings. The number of aromatic nitrogens is 1. The third kappa shape index (κ3) is 6.67. The second-order valence-corrected chi connectivity index (χ2v) is 14.6. The van der Waals surface area contributed by atoms with Gasteiger partial charge in [0.1, 0.15) is 0 Å². The summed E-state index contributed by atoms with van der Waals surface area (Å²) in [5.41, 5.74) is 17.6. The quantitative estimate of drug-likeness (QED) is 0.143. The highest BCUT2D eigenvalue weighted by atomic mass is 15.1. The van der Waals surface area contributed by atoms with Crippen LogP contribution in [0.5, 0.6) is 0 Å². The molecule has 1 heterocycles. The fourth-order valence-corrected chi connectivity index (χ4v) is 8.19. The van der Waals surface area contributed by atoms with Gasteiger partial charge in [0.2, 0.25) is 0 Å². The van der Waals surface area contributed by atoms with Crippen LogP contribution >= 0.6 is 0 Å². The summed E-state index contributed by atoms with van der Waals surface area (Å²) in [5, 5.41) is 1.24. The van der Waals surface area contributed by atoms with Gasteiger partial charge in [0.05, 0.1) is 11.2 Å². The van der Waals surface area contributed by atoms with E-state index in [1.54, 1.807) is 0 Å². The Bertz CT molecular complexity index is 2830. The van der Waals surface area contributed by atoms with Gasteiger partial charge in [0, 0.05) is 33.7 Å². The van der Waals surface area contributed by atoms with E-state index in [1.165, 1.54) is 66.7 Å². The largest absolute Gasteiger partial charge is 0.311 e. The van der Waals surface area contributed by atoms with Gasteiger partial charge < -0.3 is 9.47 Å². The molecule has 2 nitrogen and oxygen atoms in total. The van der Waals surface area contributed by atoms with Crippen molar-refractivity contribution in [2.45, 2.75) is 0 Å². The standard InChI is InChI=1S/C56H40N2/c1-5-15-41(16-6-1)43-25-33-49(34-26-43)57(50-35-27-44(28-36-50)42-17-7-2-8-18-42)51-37-29-45(30-38-51)46-31-39-52(40-32-46)58-54-24-14-13-23-53(54)55(47-19-9-3-10-20-47)56(58)48-21-11-4-12-22-48/h1-40H. The number of para-hydroxylation sites is 1. The first kappa shape index (κ1) is 34.8. The molecule has 1 aromatic heterocycles. The molecule has 274 valence electrons. The fraction of sp³-hybridized carbons (Fsp3) is 0. The SMILES string of the molecule is c1ccc(-c2ccc(N(c3ccc(-c4ccccc4)cc3)c3ccc(-c4ccc(-n5c(-c6ccccc6)c(-c6ccccc6)c6ccccc65)cc4)cc3)cc2)cc1. The molecule has 0 N–H and O–H groups in total. The van der Waals surface area contributed by atoms with E-state index in [2.05, 4.69) is 252 Å². The highest BCUT2D eigenvalue weighted by Gasteiger charge is 2.21. The molecule has 0 spiro atoms. The van der Waals surface area contributed by atoms with Gasteiger partial charge >= 0.3 is 0 Å². The van der Waals surface area contributed by atoms with Crippen molar-refractivity contribution in [2.24, 2.45) is 0 Å². The summed E-state index contributed by atoms with van der Waals surface area (Å²) in [4.78, 5) is 2.34. The molecule has 0 saturated carbocycles. The van der Waals surface area contributed by atoms with Crippen molar-refractivity contribution in [3.8, 4) is 61.5 Å². The number of hydrogen-bond acceptors (Lipinski definition) is 1. The molecule has 0 unspecified atom stereocenters. The summed E-state index contributed by atoms with van der Waals surface area (Å²) >= 11 is 0. The van der Waals surface area contributed by atoms with E-state index < -0.39 is 0 Å². The zero-order valence-electron chi connectivity index (χ0n) is 32.0. The number of anilines is 3. The molecule has 0 fully saturated rings. The molecule has 10 rings (SSSR count). The zero-order valence-corrected chi connectivity index (χ0v) is 32.0. The summed E-state index contributed by atoms with van der Waals surface area (Å²) in [6, 6.07) is 87.1. The average molecular weight is 741 g/mol. The number of benzene rings is 9. The minimum atomic E-state index is 1.10. The second kappa shape index (κ2) is 15.5. The molecule has 0 bridgehead atoms. The van der Waals surface area contributed by atoms with E-state index in [0.717, 1.165) is 22.7 Å². The zero-order chi connectivity index (χ0) is 38.7. The predicted octanol–water partition coefficient (Wildman–Crippen LogP) is 15.4. The van der Waals surface area contributed by atoms with Gasteiger partial charge in [0.15, 0.2) is 0 Å². The number of fused-ring (bicyclic) bond motifs is 1. The monoisotopic (exact) mass is 740 g/mol. The van der Waals surface area contributed by atoms with E-state index in [4.69, 9.17) is 0 Å². The van der Waals surface area contributed by atoms with Gasteiger partial charge in [-0.2, -0.15) is 0 Å². The molecular formula is C56H40N2. The summed E-state index contributed by atoms with van der Waals surface area (Å²) in [6.07, 6.45) is 0. The van der Waals surface area contributed by atoms with Gasteiger partial charge in [0.25, 0.3) is 0 Å². The van der Waals surface area contributed by atoms with Crippen molar-refractivity contribution in [1.82, 2.24) is 4.57 Å². The first-order valence-electron chi connectivity index (χ1n) is 19.8. The fourth-order valence-electron chi connectivity index (χ4n) is 8.19. The Morgan fingerprint density at radius 3 is 1.02 bits per heavy atom. The third-order valence-electron chi connectivity index (χ3n) is 11.0. The van der Waals surface area contributed by atoms with Crippen molar-refractivity contribution in [3.05, 3.63) is 243 Å². The molecule has 58 heavy (non-hydrogen) atoms. The minimum Gasteiger partial charge on any atom is -0.311 e. The molecule has 0 saturated heterocycles. The average Bonchev–Trinajstić information content (AvgIpc) is 3.66. The number of nitrogens with zero attached hydrogens (tertiary/aromatic N) is 2. The molecule has 0 amide bonds. The lowest BCUT2D eigenvalue weighted by Crippen LogP contribution is -2.09. The molecule has 0 aliphatic rings. The lowest BCUT2D eigenvalue weighted by molar-refractivity contribution is 1.14. The van der Waals surface area contributed by atoms with Crippen LogP contribution in [-0.2, 0) is 0 Å². The van der Waals surface area contributed by atoms with Crippen LogP contribution in [0, 0.1) is 0 Å². The summed E-state index contributed by atoms with van der Waals surface area (Å²) < 4.78 is 2.42. The third-order valence-corrected chi connectivity index (χ3v) is 11.0. The minimum absolute atomic E-state index is 1.10. The Hall–Kier alpha value is -7.68. The lowest BCUT2D eigenvalue weighted by atomic mass is 9.98. The maximum absolute atomic E-state index is 2.42. The van der Waals surface area contributed by atoms with Crippen LogP contribution in [0.25, 0.3) is 72.4 Å².